The van der Waals surface area contributed by atoms with Gasteiger partial charge >= 0.3 is 0 Å². The van der Waals surface area contributed by atoms with Gasteiger partial charge in [0.1, 0.15) is 5.75 Å². The van der Waals surface area contributed by atoms with E-state index in [4.69, 9.17) is 4.74 Å². The van der Waals surface area contributed by atoms with Gasteiger partial charge in [-0.25, -0.2) is 0 Å². The first-order valence-corrected chi connectivity index (χ1v) is 11.2. The molecule has 0 bridgehead atoms. The molecule has 2 aromatic rings. The molecule has 4 aliphatic rings. The fourth-order valence-corrected chi connectivity index (χ4v) is 6.05. The Morgan fingerprint density at radius 1 is 1.17 bits per heavy atom. The molecule has 29 heavy (non-hydrogen) atoms. The van der Waals surface area contributed by atoms with Crippen LogP contribution in [0.2, 0.25) is 0 Å². The van der Waals surface area contributed by atoms with E-state index in [1.54, 1.807) is 5.56 Å². The minimum atomic E-state index is 0.665. The Morgan fingerprint density at radius 2 is 2.14 bits per heavy atom. The van der Waals surface area contributed by atoms with Gasteiger partial charge in [-0.05, 0) is 43.5 Å². The van der Waals surface area contributed by atoms with Crippen molar-refractivity contribution in [3.8, 4) is 5.75 Å². The molecule has 5 heterocycles. The van der Waals surface area contributed by atoms with Crippen LogP contribution in [0.15, 0.2) is 30.5 Å². The van der Waals surface area contributed by atoms with E-state index in [-0.39, 0.29) is 0 Å². The Labute approximate surface area is 173 Å². The molecule has 1 saturated heterocycles. The molecule has 2 atom stereocenters. The molecule has 0 aliphatic carbocycles. The normalized spacial score (nSPS) is 24.9. The molecule has 1 unspecified atom stereocenters. The summed E-state index contributed by atoms with van der Waals surface area (Å²) < 4.78 is 5.70. The standard InChI is InChI=1S/C24H30N4O/c1-26-13-14-28-21-8-12-27(16-19(21)17-4-2-6-22(26)24(17)28)11-3-5-20-18-9-15-29-23(18)7-10-25-20/h2,4,6-7,10,19,21H,3,5,8-9,11-16H2,1H3/t19-,21?/m0/s1. The maximum absolute atomic E-state index is 5.70. The van der Waals surface area contributed by atoms with Gasteiger partial charge in [0.25, 0.3) is 0 Å². The largest absolute Gasteiger partial charge is 0.493 e. The quantitative estimate of drug-likeness (QED) is 0.801. The van der Waals surface area contributed by atoms with Crippen LogP contribution in [0.4, 0.5) is 11.4 Å². The van der Waals surface area contributed by atoms with Gasteiger partial charge in [0.2, 0.25) is 0 Å². The number of pyridine rings is 1. The van der Waals surface area contributed by atoms with E-state index < -0.39 is 0 Å². The number of piperidine rings is 1. The third-order valence-corrected chi connectivity index (χ3v) is 7.48. The summed E-state index contributed by atoms with van der Waals surface area (Å²) >= 11 is 0. The minimum absolute atomic E-state index is 0.665. The molecular formula is C24H30N4O. The van der Waals surface area contributed by atoms with Crippen molar-refractivity contribution in [1.29, 1.82) is 0 Å². The van der Waals surface area contributed by atoms with Crippen LogP contribution in [0.1, 0.15) is 35.6 Å². The number of aromatic nitrogens is 1. The maximum Gasteiger partial charge on any atom is 0.125 e. The lowest BCUT2D eigenvalue weighted by molar-refractivity contribution is 0.191. The maximum atomic E-state index is 5.70. The average Bonchev–Trinajstić information content (AvgIpc) is 3.35. The molecule has 1 aromatic carbocycles. The predicted octanol–water partition coefficient (Wildman–Crippen LogP) is 3.08. The van der Waals surface area contributed by atoms with E-state index in [9.17, 15) is 0 Å². The fraction of sp³-hybridized carbons (Fsp3) is 0.542. The first-order valence-electron chi connectivity index (χ1n) is 11.2. The van der Waals surface area contributed by atoms with E-state index in [2.05, 4.69) is 44.9 Å². The van der Waals surface area contributed by atoms with Gasteiger partial charge in [-0.3, -0.25) is 4.98 Å². The van der Waals surface area contributed by atoms with Crippen molar-refractivity contribution in [2.75, 3.05) is 56.2 Å². The fourth-order valence-electron chi connectivity index (χ4n) is 6.05. The molecule has 0 saturated carbocycles. The number of hydrogen-bond acceptors (Lipinski definition) is 5. The second-order valence-electron chi connectivity index (χ2n) is 9.03. The van der Waals surface area contributed by atoms with Gasteiger partial charge in [0, 0.05) is 69.1 Å². The average molecular weight is 391 g/mol. The van der Waals surface area contributed by atoms with E-state index in [1.807, 2.05) is 12.3 Å². The van der Waals surface area contributed by atoms with E-state index in [0.717, 1.165) is 31.7 Å². The zero-order valence-electron chi connectivity index (χ0n) is 17.3. The van der Waals surface area contributed by atoms with Crippen molar-refractivity contribution >= 4 is 11.4 Å². The number of hydrogen-bond donors (Lipinski definition) is 0. The van der Waals surface area contributed by atoms with Gasteiger partial charge in [-0.2, -0.15) is 0 Å². The van der Waals surface area contributed by atoms with Crippen molar-refractivity contribution in [1.82, 2.24) is 9.88 Å². The third kappa shape index (κ3) is 2.82. The number of anilines is 2. The van der Waals surface area contributed by atoms with Gasteiger partial charge < -0.3 is 19.4 Å². The van der Waals surface area contributed by atoms with Crippen LogP contribution in [0.25, 0.3) is 0 Å². The zero-order valence-corrected chi connectivity index (χ0v) is 17.3. The van der Waals surface area contributed by atoms with Crippen LogP contribution < -0.4 is 14.5 Å². The molecule has 4 aliphatic heterocycles. The number of para-hydroxylation sites is 1. The summed E-state index contributed by atoms with van der Waals surface area (Å²) in [6.07, 6.45) is 6.46. The highest BCUT2D eigenvalue weighted by molar-refractivity contribution is 5.80. The lowest BCUT2D eigenvalue weighted by Gasteiger charge is -2.41. The smallest absolute Gasteiger partial charge is 0.125 e. The summed E-state index contributed by atoms with van der Waals surface area (Å²) in [5.41, 5.74) is 7.15. The second kappa shape index (κ2) is 6.91. The molecule has 0 amide bonds. The molecule has 0 spiro atoms. The number of ether oxygens (including phenoxy) is 1. The first kappa shape index (κ1) is 17.6. The summed E-state index contributed by atoms with van der Waals surface area (Å²) in [4.78, 5) is 12.5. The highest BCUT2D eigenvalue weighted by Gasteiger charge is 2.44. The highest BCUT2D eigenvalue weighted by atomic mass is 16.5. The SMILES string of the molecule is CN1CCN2c3c(cccc31)[C@@H]1CN(CCCc3nccc4c3CCO4)CCC12. The third-order valence-electron chi connectivity index (χ3n) is 7.48. The zero-order chi connectivity index (χ0) is 19.4. The number of likely N-dealkylation sites (tertiary alicyclic amines) is 1. The molecule has 5 heteroatoms. The molecule has 1 aromatic heterocycles. The van der Waals surface area contributed by atoms with Crippen LogP contribution in [-0.2, 0) is 12.8 Å². The topological polar surface area (TPSA) is 31.8 Å². The monoisotopic (exact) mass is 390 g/mol. The lowest BCUT2D eigenvalue weighted by atomic mass is 9.89. The number of fused-ring (bicyclic) bond motifs is 4. The van der Waals surface area contributed by atoms with Crippen molar-refractivity contribution in [2.45, 2.75) is 37.6 Å². The van der Waals surface area contributed by atoms with Crippen LogP contribution in [0, 0.1) is 0 Å². The number of benzene rings is 1. The molecular weight excluding hydrogens is 360 g/mol. The minimum Gasteiger partial charge on any atom is -0.493 e. The number of nitrogens with zero attached hydrogens (tertiary/aromatic N) is 4. The van der Waals surface area contributed by atoms with Crippen LogP contribution in [0.3, 0.4) is 0 Å². The highest BCUT2D eigenvalue weighted by Crippen LogP contribution is 2.50. The molecule has 1 fully saturated rings. The molecule has 0 N–H and O–H groups in total. The molecule has 0 radical (unpaired) electrons. The van der Waals surface area contributed by atoms with Crippen LogP contribution in [0.5, 0.6) is 5.75 Å². The second-order valence-corrected chi connectivity index (χ2v) is 9.03. The number of likely N-dealkylation sites (N-methyl/N-ethyl adjacent to an activating group) is 1. The predicted molar refractivity (Wildman–Crippen MR) is 116 cm³/mol. The number of aryl methyl sites for hydroxylation is 1. The van der Waals surface area contributed by atoms with Crippen molar-refractivity contribution in [3.05, 3.63) is 47.3 Å². The Kier molecular flexibility index (Phi) is 4.19. The van der Waals surface area contributed by atoms with Crippen LogP contribution in [-0.4, -0.2) is 62.3 Å². The Balaban J connectivity index is 1.14. The molecule has 6 rings (SSSR count). The van der Waals surface area contributed by atoms with Gasteiger partial charge in [0.15, 0.2) is 0 Å². The lowest BCUT2D eigenvalue weighted by Crippen LogP contribution is -2.49. The summed E-state index contributed by atoms with van der Waals surface area (Å²) in [5.74, 6) is 1.72. The summed E-state index contributed by atoms with van der Waals surface area (Å²) in [6, 6.07) is 9.66. The Bertz CT molecular complexity index is 929. The van der Waals surface area contributed by atoms with E-state index >= 15 is 0 Å². The van der Waals surface area contributed by atoms with Crippen LogP contribution >= 0.6 is 0 Å². The van der Waals surface area contributed by atoms with Crippen molar-refractivity contribution in [2.24, 2.45) is 0 Å². The first-order chi connectivity index (χ1) is 14.3. The summed E-state index contributed by atoms with van der Waals surface area (Å²) in [6.45, 7) is 6.72. The summed E-state index contributed by atoms with van der Waals surface area (Å²) in [7, 11) is 2.24. The van der Waals surface area contributed by atoms with E-state index in [1.165, 1.54) is 61.7 Å². The molecule has 5 nitrogen and oxygen atoms in total. The van der Waals surface area contributed by atoms with Gasteiger partial charge in [0.05, 0.1) is 18.0 Å². The number of rotatable bonds is 4. The Morgan fingerprint density at radius 3 is 3.10 bits per heavy atom. The van der Waals surface area contributed by atoms with Crippen molar-refractivity contribution in [3.63, 3.8) is 0 Å². The van der Waals surface area contributed by atoms with Crippen molar-refractivity contribution < 1.29 is 4.74 Å². The summed E-state index contributed by atoms with van der Waals surface area (Å²) in [5, 5.41) is 0. The van der Waals surface area contributed by atoms with Gasteiger partial charge in [-0.15, -0.1) is 0 Å². The van der Waals surface area contributed by atoms with E-state index in [0.29, 0.717) is 12.0 Å². The molecule has 152 valence electrons. The van der Waals surface area contributed by atoms with Gasteiger partial charge in [-0.1, -0.05) is 12.1 Å². The Hall–Kier alpha value is -2.27.